The van der Waals surface area contributed by atoms with E-state index in [1.165, 1.54) is 30.0 Å². The Morgan fingerprint density at radius 2 is 2.10 bits per heavy atom. The van der Waals surface area contributed by atoms with Crippen LogP contribution in [0.4, 0.5) is 11.4 Å². The Morgan fingerprint density at radius 1 is 1.29 bits per heavy atom. The van der Waals surface area contributed by atoms with Gasteiger partial charge in [0.25, 0.3) is 5.69 Å². The van der Waals surface area contributed by atoms with Crippen molar-refractivity contribution in [2.45, 2.75) is 18.6 Å². The van der Waals surface area contributed by atoms with Crippen molar-refractivity contribution >= 4 is 29.0 Å². The summed E-state index contributed by atoms with van der Waals surface area (Å²) in [5, 5.41) is 22.6. The maximum absolute atomic E-state index is 12.4. The molecule has 0 aliphatic heterocycles. The van der Waals surface area contributed by atoms with E-state index in [0.29, 0.717) is 35.6 Å². The number of hydrogen-bond acceptors (Lipinski definition) is 7. The molecule has 31 heavy (non-hydrogen) atoms. The second-order valence-electron chi connectivity index (χ2n) is 6.28. The average molecular weight is 439 g/mol. The zero-order valence-corrected chi connectivity index (χ0v) is 17.7. The molecule has 0 aliphatic rings. The predicted molar refractivity (Wildman–Crippen MR) is 119 cm³/mol. The van der Waals surface area contributed by atoms with Gasteiger partial charge < -0.3 is 10.1 Å². The molecule has 0 atom stereocenters. The Hall–Kier alpha value is -3.66. The minimum atomic E-state index is -0.510. The highest BCUT2D eigenvalue weighted by Gasteiger charge is 2.18. The highest BCUT2D eigenvalue weighted by atomic mass is 32.2. The van der Waals surface area contributed by atoms with Crippen molar-refractivity contribution in [3.8, 4) is 17.1 Å². The molecule has 9 nitrogen and oxygen atoms in total. The summed E-state index contributed by atoms with van der Waals surface area (Å²) in [5.41, 5.74) is 1.07. The summed E-state index contributed by atoms with van der Waals surface area (Å²) < 4.78 is 7.56. The van der Waals surface area contributed by atoms with E-state index in [1.54, 1.807) is 12.1 Å². The number of allylic oxidation sites excluding steroid dienone is 1. The monoisotopic (exact) mass is 439 g/mol. The number of hydrogen-bond donors (Lipinski definition) is 1. The number of ether oxygens (including phenoxy) is 1. The average Bonchev–Trinajstić information content (AvgIpc) is 3.16. The van der Waals surface area contributed by atoms with Crippen LogP contribution in [0.5, 0.6) is 5.75 Å². The molecule has 2 aromatic carbocycles. The first kappa shape index (κ1) is 22.0. The van der Waals surface area contributed by atoms with Gasteiger partial charge in [0.1, 0.15) is 5.75 Å². The van der Waals surface area contributed by atoms with E-state index < -0.39 is 4.92 Å². The normalized spacial score (nSPS) is 10.5. The van der Waals surface area contributed by atoms with Crippen LogP contribution in [-0.4, -0.2) is 38.0 Å². The standard InChI is InChI=1S/C21H21N5O4S/c1-3-12-25-20(17-10-5-6-11-18(17)30-4-2)23-24-21(25)31-14-19(27)22-15-8-7-9-16(13-15)26(28)29/h3,5-11,13H,1,4,12,14H2,2H3,(H,22,27). The molecule has 0 fully saturated rings. The van der Waals surface area contributed by atoms with Crippen molar-refractivity contribution in [1.82, 2.24) is 14.8 Å². The van der Waals surface area contributed by atoms with Gasteiger partial charge in [0.2, 0.25) is 5.91 Å². The van der Waals surface area contributed by atoms with Gasteiger partial charge in [-0.2, -0.15) is 0 Å². The van der Waals surface area contributed by atoms with Crippen LogP contribution in [0.2, 0.25) is 0 Å². The maximum atomic E-state index is 12.4. The Kier molecular flexibility index (Phi) is 7.39. The molecule has 1 N–H and O–H groups in total. The van der Waals surface area contributed by atoms with Gasteiger partial charge in [-0.1, -0.05) is 36.0 Å². The van der Waals surface area contributed by atoms with E-state index in [0.717, 1.165) is 5.56 Å². The van der Waals surface area contributed by atoms with Crippen molar-refractivity contribution in [3.63, 3.8) is 0 Å². The first-order valence-corrected chi connectivity index (χ1v) is 10.5. The predicted octanol–water partition coefficient (Wildman–Crippen LogP) is 4.17. The van der Waals surface area contributed by atoms with E-state index in [4.69, 9.17) is 4.74 Å². The molecule has 0 aliphatic carbocycles. The number of anilines is 1. The summed E-state index contributed by atoms with van der Waals surface area (Å²) in [6, 6.07) is 13.3. The van der Waals surface area contributed by atoms with Gasteiger partial charge in [0.15, 0.2) is 11.0 Å². The van der Waals surface area contributed by atoms with Gasteiger partial charge in [-0.05, 0) is 25.1 Å². The lowest BCUT2D eigenvalue weighted by atomic mass is 10.2. The number of para-hydroxylation sites is 1. The molecule has 1 amide bonds. The molecule has 0 unspecified atom stereocenters. The molecule has 1 aromatic heterocycles. The Bertz CT molecular complexity index is 1100. The van der Waals surface area contributed by atoms with E-state index in [2.05, 4.69) is 22.1 Å². The van der Waals surface area contributed by atoms with Crippen LogP contribution in [0.1, 0.15) is 6.92 Å². The fourth-order valence-electron chi connectivity index (χ4n) is 2.85. The van der Waals surface area contributed by atoms with Crippen molar-refractivity contribution < 1.29 is 14.5 Å². The number of rotatable bonds is 10. The Balaban J connectivity index is 1.75. The van der Waals surface area contributed by atoms with Crippen LogP contribution in [-0.2, 0) is 11.3 Å². The smallest absolute Gasteiger partial charge is 0.271 e. The minimum absolute atomic E-state index is 0.0606. The number of benzene rings is 2. The van der Waals surface area contributed by atoms with Crippen LogP contribution < -0.4 is 10.1 Å². The highest BCUT2D eigenvalue weighted by Crippen LogP contribution is 2.31. The zero-order chi connectivity index (χ0) is 22.2. The van der Waals surface area contributed by atoms with Gasteiger partial charge in [-0.15, -0.1) is 16.8 Å². The lowest BCUT2D eigenvalue weighted by Crippen LogP contribution is -2.14. The lowest BCUT2D eigenvalue weighted by Gasteiger charge is -2.11. The highest BCUT2D eigenvalue weighted by molar-refractivity contribution is 7.99. The van der Waals surface area contributed by atoms with Crippen LogP contribution in [0, 0.1) is 10.1 Å². The molecular formula is C21H21N5O4S. The van der Waals surface area contributed by atoms with Gasteiger partial charge in [0, 0.05) is 24.4 Å². The second kappa shape index (κ2) is 10.4. The molecule has 10 heteroatoms. The molecule has 0 bridgehead atoms. The van der Waals surface area contributed by atoms with Crippen molar-refractivity contribution in [2.24, 2.45) is 0 Å². The number of carbonyl (C=O) groups is 1. The van der Waals surface area contributed by atoms with Crippen LogP contribution in [0.25, 0.3) is 11.4 Å². The molecule has 1 heterocycles. The molecule has 3 aromatic rings. The van der Waals surface area contributed by atoms with Gasteiger partial charge >= 0.3 is 0 Å². The summed E-state index contributed by atoms with van der Waals surface area (Å²) in [4.78, 5) is 22.7. The number of nitrogens with one attached hydrogen (secondary N) is 1. The summed E-state index contributed by atoms with van der Waals surface area (Å²) in [5.74, 6) is 1.06. The van der Waals surface area contributed by atoms with E-state index >= 15 is 0 Å². The Labute approximate surface area is 183 Å². The number of thioether (sulfide) groups is 1. The SMILES string of the molecule is C=CCn1c(SCC(=O)Nc2cccc([N+](=O)[O-])c2)nnc1-c1ccccc1OCC. The molecule has 0 saturated heterocycles. The minimum Gasteiger partial charge on any atom is -0.493 e. The first-order valence-electron chi connectivity index (χ1n) is 9.47. The summed E-state index contributed by atoms with van der Waals surface area (Å²) in [6.45, 7) is 6.68. The van der Waals surface area contributed by atoms with Crippen LogP contribution in [0.15, 0.2) is 66.3 Å². The topological polar surface area (TPSA) is 112 Å². The third-order valence-corrected chi connectivity index (χ3v) is 5.10. The van der Waals surface area contributed by atoms with E-state index in [1.807, 2.05) is 35.8 Å². The third-order valence-electron chi connectivity index (χ3n) is 4.13. The largest absolute Gasteiger partial charge is 0.493 e. The number of aromatic nitrogens is 3. The molecule has 0 spiro atoms. The van der Waals surface area contributed by atoms with Crippen molar-refractivity contribution in [3.05, 3.63) is 71.3 Å². The summed E-state index contributed by atoms with van der Waals surface area (Å²) in [7, 11) is 0. The number of nitrogens with zero attached hydrogens (tertiary/aromatic N) is 4. The molecule has 3 rings (SSSR count). The Morgan fingerprint density at radius 3 is 2.84 bits per heavy atom. The number of nitro benzene ring substituents is 1. The number of amides is 1. The van der Waals surface area contributed by atoms with Crippen molar-refractivity contribution in [1.29, 1.82) is 0 Å². The van der Waals surface area contributed by atoms with Gasteiger partial charge in [-0.3, -0.25) is 19.5 Å². The number of carbonyl (C=O) groups excluding carboxylic acids is 1. The van der Waals surface area contributed by atoms with Crippen molar-refractivity contribution in [2.75, 3.05) is 17.7 Å². The van der Waals surface area contributed by atoms with Gasteiger partial charge in [-0.25, -0.2) is 0 Å². The third kappa shape index (κ3) is 5.48. The van der Waals surface area contributed by atoms with Crippen LogP contribution in [0.3, 0.4) is 0 Å². The second-order valence-corrected chi connectivity index (χ2v) is 7.22. The first-order chi connectivity index (χ1) is 15.0. The lowest BCUT2D eigenvalue weighted by molar-refractivity contribution is -0.384. The fourth-order valence-corrected chi connectivity index (χ4v) is 3.59. The molecule has 0 saturated carbocycles. The van der Waals surface area contributed by atoms with Gasteiger partial charge in [0.05, 0.1) is 22.8 Å². The number of non-ortho nitro benzene ring substituents is 1. The quantitative estimate of drug-likeness (QED) is 0.218. The number of nitro groups is 1. The zero-order valence-electron chi connectivity index (χ0n) is 16.9. The summed E-state index contributed by atoms with van der Waals surface area (Å²) >= 11 is 1.21. The molecular weight excluding hydrogens is 418 g/mol. The maximum Gasteiger partial charge on any atom is 0.271 e. The van der Waals surface area contributed by atoms with E-state index in [9.17, 15) is 14.9 Å². The molecule has 0 radical (unpaired) electrons. The molecule has 160 valence electrons. The van der Waals surface area contributed by atoms with Crippen LogP contribution >= 0.6 is 11.8 Å². The fraction of sp³-hybridized carbons (Fsp3) is 0.190. The summed E-state index contributed by atoms with van der Waals surface area (Å²) in [6.07, 6.45) is 1.73. The van der Waals surface area contributed by atoms with E-state index in [-0.39, 0.29) is 17.3 Å².